The molecule has 0 N–H and O–H groups in total. The van der Waals surface area contributed by atoms with Crippen LogP contribution in [-0.4, -0.2) is 47.7 Å². The highest BCUT2D eigenvalue weighted by Gasteiger charge is 2.63. The van der Waals surface area contributed by atoms with Gasteiger partial charge >= 0.3 is 11.9 Å². The molecule has 4 saturated heterocycles. The molecule has 0 aromatic heterocycles. The summed E-state index contributed by atoms with van der Waals surface area (Å²) >= 11 is 0. The summed E-state index contributed by atoms with van der Waals surface area (Å²) in [5, 5.41) is 0. The molecule has 27 heavy (non-hydrogen) atoms. The number of carbonyl (C=O) groups excluding carboxylic acids is 2. The number of nitrogens with zero attached hydrogens (tertiary/aromatic N) is 1. The van der Waals surface area contributed by atoms with Crippen LogP contribution >= 0.6 is 0 Å². The zero-order chi connectivity index (χ0) is 18.9. The topological polar surface area (TPSA) is 55.8 Å². The zero-order valence-electron chi connectivity index (χ0n) is 16.8. The molecule has 5 fully saturated rings. The van der Waals surface area contributed by atoms with Crippen molar-refractivity contribution in [2.75, 3.05) is 6.54 Å². The molecule has 4 heterocycles. The van der Waals surface area contributed by atoms with Gasteiger partial charge in [-0.15, -0.1) is 0 Å². The molecule has 0 aromatic carbocycles. The van der Waals surface area contributed by atoms with Crippen molar-refractivity contribution in [1.29, 1.82) is 0 Å². The standard InChI is InChI=1S/C22H33NO4/c1-4-13-14-7-5-6-8-23-16(17-9-11(2)21(24)26-17)10-15(19(14)23)18-12(3)22(25)27-20(13)18/h11-20H,4-10H2,1-3H3/t11-,12+,13-,14+,15-,16-,17-,18-,19-,20+/m1/s1. The Kier molecular flexibility index (Phi) is 4.30. The summed E-state index contributed by atoms with van der Waals surface area (Å²) < 4.78 is 11.8. The summed E-state index contributed by atoms with van der Waals surface area (Å²) in [4.78, 5) is 27.3. The molecule has 0 spiro atoms. The Bertz CT molecular complexity index is 636. The maximum absolute atomic E-state index is 12.5. The number of esters is 2. The van der Waals surface area contributed by atoms with Crippen molar-refractivity contribution < 1.29 is 19.1 Å². The average Bonchev–Trinajstić information content (AvgIpc) is 3.20. The number of hydrogen-bond donors (Lipinski definition) is 0. The minimum atomic E-state index is -0.0294. The molecule has 0 aromatic rings. The van der Waals surface area contributed by atoms with Crippen LogP contribution in [0.25, 0.3) is 0 Å². The lowest BCUT2D eigenvalue weighted by molar-refractivity contribution is -0.148. The Morgan fingerprint density at radius 2 is 1.85 bits per heavy atom. The van der Waals surface area contributed by atoms with Crippen molar-refractivity contribution >= 4 is 11.9 Å². The molecule has 5 nitrogen and oxygen atoms in total. The summed E-state index contributed by atoms with van der Waals surface area (Å²) in [5.41, 5.74) is 0. The van der Waals surface area contributed by atoms with Crippen LogP contribution in [0.3, 0.4) is 0 Å². The molecular formula is C22H33NO4. The quantitative estimate of drug-likeness (QED) is 0.695. The largest absolute Gasteiger partial charge is 0.462 e. The Balaban J connectivity index is 1.51. The molecule has 5 aliphatic rings. The van der Waals surface area contributed by atoms with E-state index in [9.17, 15) is 9.59 Å². The van der Waals surface area contributed by atoms with Crippen LogP contribution in [0.4, 0.5) is 0 Å². The lowest BCUT2D eigenvalue weighted by Gasteiger charge is -2.48. The van der Waals surface area contributed by atoms with Crippen molar-refractivity contribution in [2.24, 2.45) is 35.5 Å². The van der Waals surface area contributed by atoms with Gasteiger partial charge in [0.15, 0.2) is 0 Å². The van der Waals surface area contributed by atoms with Crippen molar-refractivity contribution in [2.45, 2.75) is 83.6 Å². The van der Waals surface area contributed by atoms with E-state index in [1.165, 1.54) is 19.3 Å². The van der Waals surface area contributed by atoms with E-state index in [0.29, 0.717) is 35.8 Å². The first-order valence-electron chi connectivity index (χ1n) is 11.2. The summed E-state index contributed by atoms with van der Waals surface area (Å²) in [6.45, 7) is 7.44. The van der Waals surface area contributed by atoms with Gasteiger partial charge in [-0.2, -0.15) is 0 Å². The second-order valence-corrected chi connectivity index (χ2v) is 9.81. The van der Waals surface area contributed by atoms with E-state index in [4.69, 9.17) is 9.47 Å². The van der Waals surface area contributed by atoms with E-state index in [2.05, 4.69) is 18.7 Å². The van der Waals surface area contributed by atoms with Gasteiger partial charge < -0.3 is 9.47 Å². The van der Waals surface area contributed by atoms with Gasteiger partial charge in [-0.1, -0.05) is 27.2 Å². The van der Waals surface area contributed by atoms with Gasteiger partial charge in [-0.3, -0.25) is 14.5 Å². The normalized spacial score (nSPS) is 52.1. The molecule has 4 aliphatic heterocycles. The van der Waals surface area contributed by atoms with E-state index in [1.54, 1.807) is 0 Å². The Morgan fingerprint density at radius 3 is 2.56 bits per heavy atom. The van der Waals surface area contributed by atoms with E-state index in [-0.39, 0.29) is 36.0 Å². The molecule has 0 bridgehead atoms. The summed E-state index contributed by atoms with van der Waals surface area (Å²) in [6, 6.07) is 0.865. The zero-order valence-corrected chi connectivity index (χ0v) is 16.8. The van der Waals surface area contributed by atoms with Crippen LogP contribution in [0, 0.1) is 35.5 Å². The third-order valence-electron chi connectivity index (χ3n) is 8.61. The maximum Gasteiger partial charge on any atom is 0.309 e. The second kappa shape index (κ2) is 6.47. The SMILES string of the molecule is CC[C@@H]1[C@@H]2CCCCN3[C@H]2[C@H](C[C@@H]3[C@H]2C[C@@H](C)C(=O)O2)[C@@H]2[C@H]1OC(=O)[C@H]2C. The van der Waals surface area contributed by atoms with Gasteiger partial charge in [-0.25, -0.2) is 0 Å². The van der Waals surface area contributed by atoms with Crippen LogP contribution in [0.2, 0.25) is 0 Å². The van der Waals surface area contributed by atoms with Crippen molar-refractivity contribution in [3.63, 3.8) is 0 Å². The lowest BCUT2D eigenvalue weighted by Crippen LogP contribution is -2.54. The predicted molar refractivity (Wildman–Crippen MR) is 99.7 cm³/mol. The Hall–Kier alpha value is -1.10. The fourth-order valence-electron chi connectivity index (χ4n) is 7.48. The number of carbonyl (C=O) groups is 2. The third kappa shape index (κ3) is 2.53. The first-order valence-corrected chi connectivity index (χ1v) is 11.2. The molecule has 150 valence electrons. The summed E-state index contributed by atoms with van der Waals surface area (Å²) in [6.07, 6.45) is 6.87. The summed E-state index contributed by atoms with van der Waals surface area (Å²) in [5.74, 6) is 1.94. The highest BCUT2D eigenvalue weighted by atomic mass is 16.6. The van der Waals surface area contributed by atoms with Crippen LogP contribution in [0.5, 0.6) is 0 Å². The smallest absolute Gasteiger partial charge is 0.309 e. The fraction of sp³-hybridized carbons (Fsp3) is 0.909. The lowest BCUT2D eigenvalue weighted by atomic mass is 9.60. The molecule has 5 heteroatoms. The Labute approximate surface area is 162 Å². The number of rotatable bonds is 2. The molecule has 1 aliphatic carbocycles. The number of ether oxygens (including phenoxy) is 2. The molecule has 5 rings (SSSR count). The molecule has 0 unspecified atom stereocenters. The molecule has 0 amide bonds. The van der Waals surface area contributed by atoms with Gasteiger partial charge in [-0.05, 0) is 50.5 Å². The number of fused-ring (bicyclic) bond motifs is 2. The average molecular weight is 376 g/mol. The summed E-state index contributed by atoms with van der Waals surface area (Å²) in [7, 11) is 0. The van der Waals surface area contributed by atoms with Crippen molar-refractivity contribution in [3.8, 4) is 0 Å². The monoisotopic (exact) mass is 375 g/mol. The first kappa shape index (κ1) is 18.0. The molecule has 0 radical (unpaired) electrons. The number of hydrogen-bond acceptors (Lipinski definition) is 5. The molecule has 1 saturated carbocycles. The van der Waals surface area contributed by atoms with Gasteiger partial charge in [0.1, 0.15) is 12.2 Å². The first-order chi connectivity index (χ1) is 13.0. The number of cyclic esters (lactones) is 1. The minimum Gasteiger partial charge on any atom is -0.462 e. The van der Waals surface area contributed by atoms with Crippen LogP contribution in [-0.2, 0) is 19.1 Å². The fourth-order valence-corrected chi connectivity index (χ4v) is 7.48. The second-order valence-electron chi connectivity index (χ2n) is 9.81. The van der Waals surface area contributed by atoms with Gasteiger partial charge in [0.25, 0.3) is 0 Å². The highest BCUT2D eigenvalue weighted by molar-refractivity contribution is 5.75. The maximum atomic E-state index is 12.5. The van der Waals surface area contributed by atoms with Crippen LogP contribution < -0.4 is 0 Å². The highest BCUT2D eigenvalue weighted by Crippen LogP contribution is 2.57. The van der Waals surface area contributed by atoms with Gasteiger partial charge in [0.2, 0.25) is 0 Å². The van der Waals surface area contributed by atoms with E-state index in [0.717, 1.165) is 25.8 Å². The minimum absolute atomic E-state index is 0.00362. The third-order valence-corrected chi connectivity index (χ3v) is 8.61. The van der Waals surface area contributed by atoms with E-state index in [1.807, 2.05) is 6.92 Å². The van der Waals surface area contributed by atoms with Gasteiger partial charge in [0.05, 0.1) is 11.8 Å². The predicted octanol–water partition coefficient (Wildman–Crippen LogP) is 3.01. The molecule has 10 atom stereocenters. The molecular weight excluding hydrogens is 342 g/mol. The van der Waals surface area contributed by atoms with Crippen LogP contribution in [0.15, 0.2) is 0 Å². The van der Waals surface area contributed by atoms with Crippen molar-refractivity contribution in [1.82, 2.24) is 4.90 Å². The Morgan fingerprint density at radius 1 is 1.04 bits per heavy atom. The van der Waals surface area contributed by atoms with Crippen molar-refractivity contribution in [3.05, 3.63) is 0 Å². The van der Waals surface area contributed by atoms with Gasteiger partial charge in [0, 0.05) is 23.9 Å². The van der Waals surface area contributed by atoms with Crippen LogP contribution in [0.1, 0.15) is 59.3 Å². The van der Waals surface area contributed by atoms with E-state index >= 15 is 0 Å². The van der Waals surface area contributed by atoms with E-state index < -0.39 is 0 Å².